The summed E-state index contributed by atoms with van der Waals surface area (Å²) in [5, 5.41) is 3.39. The number of ether oxygens (including phenoxy) is 1. The van der Waals surface area contributed by atoms with Gasteiger partial charge < -0.3 is 10.1 Å². The quantitative estimate of drug-likeness (QED) is 0.762. The van der Waals surface area contributed by atoms with Gasteiger partial charge in [-0.1, -0.05) is 22.0 Å². The molecule has 0 amide bonds. The van der Waals surface area contributed by atoms with Crippen molar-refractivity contribution in [3.63, 3.8) is 0 Å². The third-order valence-electron chi connectivity index (χ3n) is 3.04. The number of nitrogens with one attached hydrogen (secondary N) is 1. The van der Waals surface area contributed by atoms with Crippen LogP contribution in [0.25, 0.3) is 0 Å². The minimum Gasteiger partial charge on any atom is -0.491 e. The van der Waals surface area contributed by atoms with Gasteiger partial charge in [-0.3, -0.25) is 0 Å². The first kappa shape index (κ1) is 15.8. The minimum atomic E-state index is -0.243. The predicted octanol–water partition coefficient (Wildman–Crippen LogP) is 5.55. The molecule has 0 fully saturated rings. The van der Waals surface area contributed by atoms with Crippen molar-refractivity contribution >= 4 is 21.6 Å². The van der Waals surface area contributed by atoms with Gasteiger partial charge in [-0.25, -0.2) is 4.39 Å². The van der Waals surface area contributed by atoms with Crippen molar-refractivity contribution in [2.45, 2.75) is 32.9 Å². The first-order chi connectivity index (χ1) is 9.95. The van der Waals surface area contributed by atoms with Crippen molar-refractivity contribution in [3.05, 3.63) is 58.3 Å². The summed E-state index contributed by atoms with van der Waals surface area (Å²) in [7, 11) is 0. The topological polar surface area (TPSA) is 21.3 Å². The van der Waals surface area contributed by atoms with Crippen LogP contribution in [-0.2, 0) is 0 Å². The van der Waals surface area contributed by atoms with Gasteiger partial charge in [0.05, 0.1) is 6.10 Å². The van der Waals surface area contributed by atoms with Gasteiger partial charge in [-0.2, -0.15) is 0 Å². The molecular formula is C17H19BrFNO. The van der Waals surface area contributed by atoms with Crippen molar-refractivity contribution < 1.29 is 9.13 Å². The first-order valence-corrected chi connectivity index (χ1v) is 7.73. The van der Waals surface area contributed by atoms with E-state index in [-0.39, 0.29) is 18.0 Å². The second kappa shape index (κ2) is 6.94. The molecular weight excluding hydrogens is 333 g/mol. The van der Waals surface area contributed by atoms with E-state index < -0.39 is 0 Å². The van der Waals surface area contributed by atoms with Gasteiger partial charge in [0.2, 0.25) is 0 Å². The SMILES string of the molecule is CC(C)Oc1ccc(NC(C)c2ccc(F)cc2Br)cc1. The third-order valence-corrected chi connectivity index (χ3v) is 3.73. The van der Waals surface area contributed by atoms with Crippen LogP contribution in [0.2, 0.25) is 0 Å². The first-order valence-electron chi connectivity index (χ1n) is 6.94. The summed E-state index contributed by atoms with van der Waals surface area (Å²) >= 11 is 3.40. The molecule has 1 N–H and O–H groups in total. The largest absolute Gasteiger partial charge is 0.491 e. The molecule has 2 nitrogen and oxygen atoms in total. The molecule has 4 heteroatoms. The van der Waals surface area contributed by atoms with Crippen LogP contribution in [0, 0.1) is 5.82 Å². The summed E-state index contributed by atoms with van der Waals surface area (Å²) in [6.07, 6.45) is 0.165. The van der Waals surface area contributed by atoms with Gasteiger partial charge in [-0.05, 0) is 62.7 Å². The summed E-state index contributed by atoms with van der Waals surface area (Å²) in [6, 6.07) is 12.6. The number of benzene rings is 2. The Balaban J connectivity index is 2.06. The predicted molar refractivity (Wildman–Crippen MR) is 88.3 cm³/mol. The molecule has 2 aromatic carbocycles. The number of hydrogen-bond donors (Lipinski definition) is 1. The van der Waals surface area contributed by atoms with Crippen LogP contribution < -0.4 is 10.1 Å². The molecule has 0 saturated carbocycles. The van der Waals surface area contributed by atoms with Crippen LogP contribution in [0.3, 0.4) is 0 Å². The second-order valence-corrected chi connectivity index (χ2v) is 6.08. The maximum absolute atomic E-state index is 13.1. The van der Waals surface area contributed by atoms with Crippen LogP contribution in [-0.4, -0.2) is 6.10 Å². The van der Waals surface area contributed by atoms with Crippen molar-refractivity contribution in [2.75, 3.05) is 5.32 Å². The Morgan fingerprint density at radius 3 is 2.29 bits per heavy atom. The lowest BCUT2D eigenvalue weighted by atomic mass is 10.1. The molecule has 112 valence electrons. The van der Waals surface area contributed by atoms with Crippen LogP contribution in [0.1, 0.15) is 32.4 Å². The molecule has 21 heavy (non-hydrogen) atoms. The fourth-order valence-electron chi connectivity index (χ4n) is 2.08. The van der Waals surface area contributed by atoms with E-state index in [1.807, 2.05) is 45.0 Å². The zero-order valence-electron chi connectivity index (χ0n) is 12.4. The molecule has 1 atom stereocenters. The van der Waals surface area contributed by atoms with Crippen LogP contribution >= 0.6 is 15.9 Å². The van der Waals surface area contributed by atoms with Gasteiger partial charge in [0.25, 0.3) is 0 Å². The Hall–Kier alpha value is -1.55. The molecule has 0 aromatic heterocycles. The van der Waals surface area contributed by atoms with E-state index in [4.69, 9.17) is 4.74 Å². The maximum Gasteiger partial charge on any atom is 0.124 e. The van der Waals surface area contributed by atoms with Crippen molar-refractivity contribution in [2.24, 2.45) is 0 Å². The third kappa shape index (κ3) is 4.46. The second-order valence-electron chi connectivity index (χ2n) is 5.22. The highest BCUT2D eigenvalue weighted by atomic mass is 79.9. The van der Waals surface area contributed by atoms with Crippen molar-refractivity contribution in [3.8, 4) is 5.75 Å². The van der Waals surface area contributed by atoms with Crippen LogP contribution in [0.15, 0.2) is 46.9 Å². The maximum atomic E-state index is 13.1. The Bertz CT molecular complexity index is 598. The van der Waals surface area contributed by atoms with E-state index in [1.54, 1.807) is 6.07 Å². The fraction of sp³-hybridized carbons (Fsp3) is 0.294. The normalized spacial score (nSPS) is 12.3. The lowest BCUT2D eigenvalue weighted by molar-refractivity contribution is 0.242. The Morgan fingerprint density at radius 1 is 1.05 bits per heavy atom. The number of rotatable bonds is 5. The van der Waals surface area contributed by atoms with Gasteiger partial charge in [0, 0.05) is 16.2 Å². The number of hydrogen-bond acceptors (Lipinski definition) is 2. The van der Waals surface area contributed by atoms with E-state index in [0.29, 0.717) is 0 Å². The van der Waals surface area contributed by atoms with Crippen molar-refractivity contribution in [1.82, 2.24) is 0 Å². The average Bonchev–Trinajstić information content (AvgIpc) is 2.40. The Labute approximate surface area is 133 Å². The highest BCUT2D eigenvalue weighted by molar-refractivity contribution is 9.10. The van der Waals surface area contributed by atoms with E-state index in [9.17, 15) is 4.39 Å². The van der Waals surface area contributed by atoms with Gasteiger partial charge >= 0.3 is 0 Å². The molecule has 0 heterocycles. The standard InChI is InChI=1S/C17H19BrFNO/c1-11(2)21-15-7-5-14(6-8-15)20-12(3)16-9-4-13(19)10-17(16)18/h4-12,20H,1-3H3. The molecule has 0 bridgehead atoms. The van der Waals surface area contributed by atoms with Gasteiger partial charge in [0.15, 0.2) is 0 Å². The molecule has 0 spiro atoms. The van der Waals surface area contributed by atoms with Crippen LogP contribution in [0.4, 0.5) is 10.1 Å². The number of halogens is 2. The summed E-state index contributed by atoms with van der Waals surface area (Å²) < 4.78 is 19.5. The van der Waals surface area contributed by atoms with Gasteiger partial charge in [-0.15, -0.1) is 0 Å². The molecule has 0 aliphatic heterocycles. The van der Waals surface area contributed by atoms with E-state index in [1.165, 1.54) is 12.1 Å². The summed E-state index contributed by atoms with van der Waals surface area (Å²) in [6.45, 7) is 6.04. The fourth-order valence-corrected chi connectivity index (χ4v) is 2.78. The lowest BCUT2D eigenvalue weighted by Gasteiger charge is -2.18. The van der Waals surface area contributed by atoms with Crippen molar-refractivity contribution in [1.29, 1.82) is 0 Å². The van der Waals surface area contributed by atoms with E-state index in [2.05, 4.69) is 21.2 Å². The Morgan fingerprint density at radius 2 is 1.71 bits per heavy atom. The molecule has 2 aromatic rings. The average molecular weight is 352 g/mol. The highest BCUT2D eigenvalue weighted by Crippen LogP contribution is 2.27. The van der Waals surface area contributed by atoms with Gasteiger partial charge in [0.1, 0.15) is 11.6 Å². The Kier molecular flexibility index (Phi) is 5.23. The van der Waals surface area contributed by atoms with E-state index in [0.717, 1.165) is 21.5 Å². The van der Waals surface area contributed by atoms with Crippen LogP contribution in [0.5, 0.6) is 5.75 Å². The number of anilines is 1. The molecule has 0 radical (unpaired) electrons. The minimum absolute atomic E-state index is 0.0665. The molecule has 0 saturated heterocycles. The smallest absolute Gasteiger partial charge is 0.124 e. The summed E-state index contributed by atoms with van der Waals surface area (Å²) in [5.74, 6) is 0.610. The molecule has 2 rings (SSSR count). The molecule has 0 aliphatic rings. The monoisotopic (exact) mass is 351 g/mol. The lowest BCUT2D eigenvalue weighted by Crippen LogP contribution is -2.08. The highest BCUT2D eigenvalue weighted by Gasteiger charge is 2.10. The summed E-state index contributed by atoms with van der Waals surface area (Å²) in [5.41, 5.74) is 2.01. The zero-order valence-corrected chi connectivity index (χ0v) is 13.9. The molecule has 1 unspecified atom stereocenters. The summed E-state index contributed by atoms with van der Waals surface area (Å²) in [4.78, 5) is 0. The van der Waals surface area contributed by atoms with E-state index >= 15 is 0 Å². The molecule has 0 aliphatic carbocycles. The zero-order chi connectivity index (χ0) is 15.4.